The normalized spacial score (nSPS) is 13.0. The highest BCUT2D eigenvalue weighted by molar-refractivity contribution is 7.90. The first kappa shape index (κ1) is 31.8. The van der Waals surface area contributed by atoms with Crippen LogP contribution in [0.4, 0.5) is 10.1 Å². The van der Waals surface area contributed by atoms with Crippen LogP contribution in [0, 0.1) is 12.7 Å². The van der Waals surface area contributed by atoms with Gasteiger partial charge in [-0.1, -0.05) is 61.5 Å². The summed E-state index contributed by atoms with van der Waals surface area (Å²) in [6.07, 6.45) is 0.937. The number of rotatable bonds is 13. The molecule has 0 heterocycles. The Morgan fingerprint density at radius 3 is 2.12 bits per heavy atom. The van der Waals surface area contributed by atoms with Crippen LogP contribution in [0.2, 0.25) is 0 Å². The summed E-state index contributed by atoms with van der Waals surface area (Å²) in [4.78, 5) is 29.4. The van der Waals surface area contributed by atoms with Crippen LogP contribution in [0.25, 0.3) is 0 Å². The predicted molar refractivity (Wildman–Crippen MR) is 160 cm³/mol. The molecule has 10 heteroatoms. The molecule has 0 aliphatic rings. The Bertz CT molecular complexity index is 1420. The predicted octanol–water partition coefficient (Wildman–Crippen LogP) is 4.30. The lowest BCUT2D eigenvalue weighted by atomic mass is 10.0. The lowest BCUT2D eigenvalue weighted by molar-refractivity contribution is -0.140. The minimum atomic E-state index is -4.15. The molecule has 41 heavy (non-hydrogen) atoms. The Hall–Kier alpha value is -3.76. The van der Waals surface area contributed by atoms with Gasteiger partial charge < -0.3 is 10.2 Å². The fourth-order valence-corrected chi connectivity index (χ4v) is 5.35. The molecule has 0 aromatic heterocycles. The number of carbonyl (C=O) groups excluding carboxylic acids is 2. The van der Waals surface area contributed by atoms with Gasteiger partial charge in [0.2, 0.25) is 11.8 Å². The monoisotopic (exact) mass is 582 g/mol. The molecule has 0 saturated heterocycles. The maximum Gasteiger partial charge on any atom is 0.304 e. The van der Waals surface area contributed by atoms with Gasteiger partial charge in [-0.05, 0) is 61.2 Å². The third kappa shape index (κ3) is 8.37. The van der Waals surface area contributed by atoms with Crippen LogP contribution in [0.3, 0.4) is 0 Å². The van der Waals surface area contributed by atoms with Gasteiger partial charge in [0.25, 0.3) is 0 Å². The van der Waals surface area contributed by atoms with Crippen molar-refractivity contribution in [2.24, 2.45) is 0 Å². The average Bonchev–Trinajstić information content (AvgIpc) is 2.95. The molecule has 0 unspecified atom stereocenters. The smallest absolute Gasteiger partial charge is 0.304 e. The highest BCUT2D eigenvalue weighted by atomic mass is 32.2. The molecule has 0 fully saturated rings. The van der Waals surface area contributed by atoms with Crippen molar-refractivity contribution < 1.29 is 22.4 Å². The first-order valence-electron chi connectivity index (χ1n) is 13.6. The van der Waals surface area contributed by atoms with E-state index in [1.165, 1.54) is 31.1 Å². The summed E-state index contributed by atoms with van der Waals surface area (Å²) < 4.78 is 42.4. The standard InChI is InChI=1S/C31H39FN4O4S/c1-6-24(3)33-31(38)29(20-25-13-8-7-9-14-25)35(21-26-15-11-10-12-23(26)2)30(37)22-36(41(39,40)34(4)5)28-18-16-27(32)17-19-28/h7-19,24,29H,6,20-22H2,1-5H3,(H,33,38)/t24-,29+/m0/s1. The zero-order valence-corrected chi connectivity index (χ0v) is 25.1. The fraction of sp³-hybridized carbons (Fsp3) is 0.355. The maximum absolute atomic E-state index is 14.2. The van der Waals surface area contributed by atoms with Gasteiger partial charge in [-0.2, -0.15) is 12.7 Å². The van der Waals surface area contributed by atoms with E-state index in [2.05, 4.69) is 5.32 Å². The number of anilines is 1. The molecule has 0 aliphatic carbocycles. The Morgan fingerprint density at radius 1 is 0.927 bits per heavy atom. The van der Waals surface area contributed by atoms with E-state index in [0.717, 1.165) is 37.4 Å². The first-order chi connectivity index (χ1) is 19.4. The van der Waals surface area contributed by atoms with Crippen molar-refractivity contribution in [1.29, 1.82) is 0 Å². The number of nitrogens with zero attached hydrogens (tertiary/aromatic N) is 3. The molecule has 0 spiro atoms. The maximum atomic E-state index is 14.2. The summed E-state index contributed by atoms with van der Waals surface area (Å²) in [5.74, 6) is -1.43. The average molecular weight is 583 g/mol. The number of amides is 2. The summed E-state index contributed by atoms with van der Waals surface area (Å²) >= 11 is 0. The van der Waals surface area contributed by atoms with Crippen molar-refractivity contribution in [1.82, 2.24) is 14.5 Å². The molecular formula is C31H39FN4O4S. The zero-order chi connectivity index (χ0) is 30.2. The summed E-state index contributed by atoms with van der Waals surface area (Å²) in [6, 6.07) is 20.8. The van der Waals surface area contributed by atoms with Gasteiger partial charge in [0.05, 0.1) is 5.69 Å². The van der Waals surface area contributed by atoms with Gasteiger partial charge >= 0.3 is 10.2 Å². The van der Waals surface area contributed by atoms with Crippen LogP contribution in [-0.4, -0.2) is 62.2 Å². The minimum Gasteiger partial charge on any atom is -0.352 e. The summed E-state index contributed by atoms with van der Waals surface area (Å²) in [5.41, 5.74) is 2.75. The second-order valence-corrected chi connectivity index (χ2v) is 12.3. The van der Waals surface area contributed by atoms with Crippen molar-refractivity contribution in [2.75, 3.05) is 24.9 Å². The number of hydrogen-bond acceptors (Lipinski definition) is 4. The van der Waals surface area contributed by atoms with Crippen molar-refractivity contribution in [3.8, 4) is 0 Å². The molecule has 0 bridgehead atoms. The van der Waals surface area contributed by atoms with Gasteiger partial charge in [0.1, 0.15) is 18.4 Å². The zero-order valence-electron chi connectivity index (χ0n) is 24.2. The number of aryl methyl sites for hydroxylation is 1. The molecular weight excluding hydrogens is 543 g/mol. The van der Waals surface area contributed by atoms with Gasteiger partial charge in [-0.15, -0.1) is 0 Å². The van der Waals surface area contributed by atoms with Crippen LogP contribution in [0.1, 0.15) is 37.0 Å². The molecule has 0 aliphatic heterocycles. The largest absolute Gasteiger partial charge is 0.352 e. The molecule has 2 amide bonds. The van der Waals surface area contributed by atoms with Gasteiger partial charge in [0.15, 0.2) is 0 Å². The fourth-order valence-electron chi connectivity index (χ4n) is 4.29. The lowest BCUT2D eigenvalue weighted by Gasteiger charge is -2.35. The lowest BCUT2D eigenvalue weighted by Crippen LogP contribution is -2.55. The minimum absolute atomic E-state index is 0.0935. The highest BCUT2D eigenvalue weighted by Gasteiger charge is 2.35. The van der Waals surface area contributed by atoms with Crippen molar-refractivity contribution >= 4 is 27.7 Å². The molecule has 8 nitrogen and oxygen atoms in total. The number of hydrogen-bond donors (Lipinski definition) is 1. The number of nitrogens with one attached hydrogen (secondary N) is 1. The number of halogens is 1. The summed E-state index contributed by atoms with van der Waals surface area (Å²) in [7, 11) is -1.43. The van der Waals surface area contributed by atoms with Crippen LogP contribution in [0.5, 0.6) is 0 Å². The SMILES string of the molecule is CC[C@H](C)NC(=O)[C@@H](Cc1ccccc1)N(Cc1ccccc1C)C(=O)CN(c1ccc(F)cc1)S(=O)(=O)N(C)C. The van der Waals surface area contributed by atoms with Gasteiger partial charge in [0, 0.05) is 33.1 Å². The number of benzene rings is 3. The summed E-state index contributed by atoms with van der Waals surface area (Å²) in [6.45, 7) is 5.28. The van der Waals surface area contributed by atoms with Crippen LogP contribution < -0.4 is 9.62 Å². The third-order valence-electron chi connectivity index (χ3n) is 7.01. The Morgan fingerprint density at radius 2 is 1.54 bits per heavy atom. The van der Waals surface area contributed by atoms with Gasteiger partial charge in [-0.25, -0.2) is 8.70 Å². The van der Waals surface area contributed by atoms with E-state index in [-0.39, 0.29) is 30.6 Å². The molecule has 2 atom stereocenters. The van der Waals surface area contributed by atoms with Crippen LogP contribution in [0.15, 0.2) is 78.9 Å². The summed E-state index contributed by atoms with van der Waals surface area (Å²) in [5, 5.41) is 3.01. The molecule has 0 radical (unpaired) electrons. The molecule has 3 aromatic rings. The van der Waals surface area contributed by atoms with E-state index >= 15 is 0 Å². The van der Waals surface area contributed by atoms with E-state index in [0.29, 0.717) is 6.42 Å². The second kappa shape index (κ2) is 14.2. The van der Waals surface area contributed by atoms with E-state index in [1.807, 2.05) is 75.4 Å². The molecule has 220 valence electrons. The highest BCUT2D eigenvalue weighted by Crippen LogP contribution is 2.23. The topological polar surface area (TPSA) is 90.0 Å². The van der Waals surface area contributed by atoms with E-state index in [1.54, 1.807) is 0 Å². The number of carbonyl (C=O) groups is 2. The molecule has 0 saturated carbocycles. The third-order valence-corrected chi connectivity index (χ3v) is 8.83. The van der Waals surface area contributed by atoms with Crippen LogP contribution in [-0.2, 0) is 32.8 Å². The molecule has 3 rings (SSSR count). The Kier molecular flexibility index (Phi) is 11.0. The second-order valence-electron chi connectivity index (χ2n) is 10.2. The van der Waals surface area contributed by atoms with Gasteiger partial charge in [-0.3, -0.25) is 9.59 Å². The van der Waals surface area contributed by atoms with E-state index < -0.39 is 34.5 Å². The first-order valence-corrected chi connectivity index (χ1v) is 15.0. The molecule has 1 N–H and O–H groups in total. The molecule has 3 aromatic carbocycles. The quantitative estimate of drug-likeness (QED) is 0.326. The van der Waals surface area contributed by atoms with E-state index in [9.17, 15) is 22.4 Å². The van der Waals surface area contributed by atoms with Crippen LogP contribution >= 0.6 is 0 Å². The van der Waals surface area contributed by atoms with E-state index in [4.69, 9.17) is 0 Å². The van der Waals surface area contributed by atoms with Crippen molar-refractivity contribution in [3.63, 3.8) is 0 Å². The van der Waals surface area contributed by atoms with Crippen molar-refractivity contribution in [2.45, 2.75) is 52.2 Å². The Labute approximate surface area is 243 Å². The Balaban J connectivity index is 2.10. The van der Waals surface area contributed by atoms with Crippen molar-refractivity contribution in [3.05, 3.63) is 101 Å².